The number of nitrogens with one attached hydrogen (secondary N) is 1. The van der Waals surface area contributed by atoms with Crippen LogP contribution in [0.5, 0.6) is 0 Å². The van der Waals surface area contributed by atoms with Crippen LogP contribution in [0.4, 0.5) is 4.79 Å². The Morgan fingerprint density at radius 1 is 1.29 bits per heavy atom. The smallest absolute Gasteiger partial charge is 0.330 e. The molecular formula is C14H15ClN2O4. The van der Waals surface area contributed by atoms with Gasteiger partial charge in [0.1, 0.15) is 5.92 Å². The lowest BCUT2D eigenvalue weighted by atomic mass is 9.95. The predicted molar refractivity (Wildman–Crippen MR) is 75.9 cm³/mol. The Morgan fingerprint density at radius 3 is 2.48 bits per heavy atom. The molecule has 1 aliphatic heterocycles. The summed E-state index contributed by atoms with van der Waals surface area (Å²) in [5.41, 5.74) is 0.490. The number of carbonyl (C=O) groups is 3. The van der Waals surface area contributed by atoms with Crippen LogP contribution in [-0.4, -0.2) is 42.5 Å². The first-order valence-electron chi connectivity index (χ1n) is 6.38. The number of hydrogen-bond acceptors (Lipinski definition) is 4. The summed E-state index contributed by atoms with van der Waals surface area (Å²) in [7, 11) is 1.48. The summed E-state index contributed by atoms with van der Waals surface area (Å²) in [6, 6.07) is 5.65. The third-order valence-electron chi connectivity index (χ3n) is 3.30. The zero-order valence-electron chi connectivity index (χ0n) is 11.6. The molecule has 0 spiro atoms. The van der Waals surface area contributed by atoms with Gasteiger partial charge in [0, 0.05) is 12.1 Å². The predicted octanol–water partition coefficient (Wildman–Crippen LogP) is 1.54. The molecule has 6 nitrogen and oxygen atoms in total. The number of benzene rings is 1. The summed E-state index contributed by atoms with van der Waals surface area (Å²) >= 11 is 5.80. The number of barbiturate groups is 1. The highest BCUT2D eigenvalue weighted by atomic mass is 35.5. The minimum atomic E-state index is -1.05. The number of methoxy groups -OCH3 is 1. The molecule has 0 radical (unpaired) electrons. The fourth-order valence-electron chi connectivity index (χ4n) is 2.07. The van der Waals surface area contributed by atoms with Crippen molar-refractivity contribution in [1.82, 2.24) is 10.2 Å². The summed E-state index contributed by atoms with van der Waals surface area (Å²) in [4.78, 5) is 37.2. The maximum Gasteiger partial charge on any atom is 0.330 e. The Morgan fingerprint density at radius 2 is 1.90 bits per heavy atom. The van der Waals surface area contributed by atoms with Crippen molar-refractivity contribution < 1.29 is 19.1 Å². The number of rotatable bonds is 4. The Bertz CT molecular complexity index is 573. The third kappa shape index (κ3) is 3.22. The van der Waals surface area contributed by atoms with Crippen molar-refractivity contribution in [3.8, 4) is 0 Å². The number of carbonyl (C=O) groups excluding carboxylic acids is 3. The summed E-state index contributed by atoms with van der Waals surface area (Å²) in [5, 5.41) is 2.69. The molecule has 1 aliphatic rings. The van der Waals surface area contributed by atoms with E-state index < -0.39 is 23.8 Å². The molecule has 1 aromatic carbocycles. The van der Waals surface area contributed by atoms with E-state index in [1.165, 1.54) is 7.11 Å². The van der Waals surface area contributed by atoms with Crippen LogP contribution >= 0.6 is 11.6 Å². The maximum absolute atomic E-state index is 12.4. The number of imide groups is 2. The van der Waals surface area contributed by atoms with Gasteiger partial charge < -0.3 is 4.74 Å². The number of amides is 4. The van der Waals surface area contributed by atoms with Crippen LogP contribution in [0.3, 0.4) is 0 Å². The lowest BCUT2D eigenvalue weighted by Gasteiger charge is -2.31. The average molecular weight is 311 g/mol. The number of urea groups is 1. The van der Waals surface area contributed by atoms with Crippen LogP contribution in [0.1, 0.15) is 18.4 Å². The second kappa shape index (κ2) is 6.24. The second-order valence-corrected chi connectivity index (χ2v) is 5.21. The molecule has 21 heavy (non-hydrogen) atoms. The van der Waals surface area contributed by atoms with E-state index >= 15 is 0 Å². The van der Waals surface area contributed by atoms with E-state index in [2.05, 4.69) is 5.32 Å². The Labute approximate surface area is 127 Å². The minimum Gasteiger partial charge on any atom is -0.380 e. The van der Waals surface area contributed by atoms with Gasteiger partial charge in [-0.2, -0.15) is 0 Å². The molecule has 112 valence electrons. The summed E-state index contributed by atoms with van der Waals surface area (Å²) in [5.74, 6) is -2.24. The fourth-order valence-corrected chi connectivity index (χ4v) is 2.19. The van der Waals surface area contributed by atoms with Crippen molar-refractivity contribution in [2.24, 2.45) is 0 Å². The molecule has 1 heterocycles. The van der Waals surface area contributed by atoms with Gasteiger partial charge in [0.05, 0.1) is 12.6 Å². The number of halogens is 1. The van der Waals surface area contributed by atoms with Crippen molar-refractivity contribution in [1.29, 1.82) is 0 Å². The minimum absolute atomic E-state index is 0.0819. The average Bonchev–Trinajstić information content (AvgIpc) is 2.45. The van der Waals surface area contributed by atoms with Gasteiger partial charge in [-0.05, 0) is 24.6 Å². The van der Waals surface area contributed by atoms with Crippen molar-refractivity contribution in [2.45, 2.75) is 18.9 Å². The van der Waals surface area contributed by atoms with E-state index in [-0.39, 0.29) is 12.6 Å². The second-order valence-electron chi connectivity index (χ2n) is 4.77. The van der Waals surface area contributed by atoms with Gasteiger partial charge in [0.25, 0.3) is 0 Å². The maximum atomic E-state index is 12.4. The molecule has 0 bridgehead atoms. The standard InChI is InChI=1S/C14H15ClN2O4/c1-8(21-2)7-17-13(19)11(12(18)16-14(17)20)9-3-5-10(15)6-4-9/h3-6,8,11H,7H2,1-2H3,(H,16,18,20). The van der Waals surface area contributed by atoms with Crippen LogP contribution in [0, 0.1) is 0 Å². The SMILES string of the molecule is COC(C)CN1C(=O)NC(=O)C(c2ccc(Cl)cc2)C1=O. The Balaban J connectivity index is 2.28. The lowest BCUT2D eigenvalue weighted by molar-refractivity contribution is -0.139. The van der Waals surface area contributed by atoms with Crippen LogP contribution in [0.25, 0.3) is 0 Å². The van der Waals surface area contributed by atoms with Crippen molar-refractivity contribution in [3.63, 3.8) is 0 Å². The lowest BCUT2D eigenvalue weighted by Crippen LogP contribution is -2.58. The molecule has 1 fully saturated rings. The topological polar surface area (TPSA) is 75.7 Å². The first kappa shape index (κ1) is 15.5. The van der Waals surface area contributed by atoms with Gasteiger partial charge in [-0.15, -0.1) is 0 Å². The third-order valence-corrected chi connectivity index (χ3v) is 3.55. The molecule has 0 aromatic heterocycles. The highest BCUT2D eigenvalue weighted by Gasteiger charge is 2.41. The summed E-state index contributed by atoms with van der Waals surface area (Å²) in [6.07, 6.45) is -0.321. The van der Waals surface area contributed by atoms with Gasteiger partial charge in [0.2, 0.25) is 11.8 Å². The van der Waals surface area contributed by atoms with Crippen LogP contribution < -0.4 is 5.32 Å². The first-order valence-corrected chi connectivity index (χ1v) is 6.76. The molecule has 0 saturated carbocycles. The molecule has 2 atom stereocenters. The van der Waals surface area contributed by atoms with E-state index in [9.17, 15) is 14.4 Å². The molecule has 1 saturated heterocycles. The van der Waals surface area contributed by atoms with E-state index in [1.807, 2.05) is 0 Å². The molecular weight excluding hydrogens is 296 g/mol. The van der Waals surface area contributed by atoms with Gasteiger partial charge in [-0.1, -0.05) is 23.7 Å². The van der Waals surface area contributed by atoms with Gasteiger partial charge in [-0.3, -0.25) is 19.8 Å². The van der Waals surface area contributed by atoms with Crippen molar-refractivity contribution in [3.05, 3.63) is 34.9 Å². The summed E-state index contributed by atoms with van der Waals surface area (Å²) in [6.45, 7) is 1.81. The number of hydrogen-bond donors (Lipinski definition) is 1. The van der Waals surface area contributed by atoms with E-state index in [1.54, 1.807) is 31.2 Å². The quantitative estimate of drug-likeness (QED) is 0.856. The van der Waals surface area contributed by atoms with Gasteiger partial charge >= 0.3 is 6.03 Å². The van der Waals surface area contributed by atoms with Crippen molar-refractivity contribution in [2.75, 3.05) is 13.7 Å². The zero-order chi connectivity index (χ0) is 15.6. The normalized spacial score (nSPS) is 20.4. The largest absolute Gasteiger partial charge is 0.380 e. The van der Waals surface area contributed by atoms with Crippen molar-refractivity contribution >= 4 is 29.4 Å². The Kier molecular flexibility index (Phi) is 4.59. The molecule has 1 aromatic rings. The number of ether oxygens (including phenoxy) is 1. The monoisotopic (exact) mass is 310 g/mol. The van der Waals surface area contributed by atoms with Crippen LogP contribution in [0.15, 0.2) is 24.3 Å². The van der Waals surface area contributed by atoms with Crippen LogP contribution in [-0.2, 0) is 14.3 Å². The summed E-state index contributed by atoms with van der Waals surface area (Å²) < 4.78 is 5.06. The highest BCUT2D eigenvalue weighted by molar-refractivity contribution is 6.30. The van der Waals surface area contributed by atoms with Crippen LogP contribution in [0.2, 0.25) is 5.02 Å². The molecule has 7 heteroatoms. The zero-order valence-corrected chi connectivity index (χ0v) is 12.4. The Hall–Kier alpha value is -1.92. The fraction of sp³-hybridized carbons (Fsp3) is 0.357. The van der Waals surface area contributed by atoms with E-state index in [0.29, 0.717) is 10.6 Å². The number of nitrogens with zero attached hydrogens (tertiary/aromatic N) is 1. The molecule has 2 unspecified atom stereocenters. The first-order chi connectivity index (χ1) is 9.93. The molecule has 0 aliphatic carbocycles. The molecule has 2 rings (SSSR count). The van der Waals surface area contributed by atoms with Gasteiger partial charge in [0.15, 0.2) is 0 Å². The molecule has 4 amide bonds. The highest BCUT2D eigenvalue weighted by Crippen LogP contribution is 2.24. The van der Waals surface area contributed by atoms with Gasteiger partial charge in [-0.25, -0.2) is 4.79 Å². The van der Waals surface area contributed by atoms with E-state index in [4.69, 9.17) is 16.3 Å². The van der Waals surface area contributed by atoms with E-state index in [0.717, 1.165) is 4.90 Å². The molecule has 1 N–H and O–H groups in total.